The molecule has 1 aromatic heterocycles. The van der Waals surface area contributed by atoms with Crippen molar-refractivity contribution < 1.29 is 14.3 Å². The molecule has 0 spiro atoms. The van der Waals surface area contributed by atoms with Crippen LogP contribution in [0.15, 0.2) is 30.6 Å². The number of fused-ring (bicyclic) bond motifs is 2. The van der Waals surface area contributed by atoms with E-state index in [1.165, 1.54) is 22.3 Å². The normalized spacial score (nSPS) is 14.1. The molecule has 0 radical (unpaired) electrons. The zero-order valence-corrected chi connectivity index (χ0v) is 15.7. The van der Waals surface area contributed by atoms with Gasteiger partial charge in [-0.15, -0.1) is 0 Å². The number of carbonyl (C=O) groups excluding carboxylic acids is 1. The number of amides is 2. The lowest BCUT2D eigenvalue weighted by Gasteiger charge is -2.19. The molecule has 4 rings (SSSR count). The molecule has 3 heterocycles. The number of nitrogens with zero attached hydrogens (tertiary/aromatic N) is 2. The van der Waals surface area contributed by atoms with E-state index in [2.05, 4.69) is 16.4 Å². The van der Waals surface area contributed by atoms with Gasteiger partial charge in [0.2, 0.25) is 0 Å². The number of carbonyl (C=O) groups is 1. The minimum Gasteiger partial charge on any atom is -0.493 e. The van der Waals surface area contributed by atoms with Crippen molar-refractivity contribution in [1.29, 1.82) is 0 Å². The number of rotatable bonds is 6. The predicted molar refractivity (Wildman–Crippen MR) is 103 cm³/mol. The minimum absolute atomic E-state index is 0.0505. The molecule has 6 nitrogen and oxygen atoms in total. The third-order valence-corrected chi connectivity index (χ3v) is 5.24. The van der Waals surface area contributed by atoms with Gasteiger partial charge >= 0.3 is 6.03 Å². The molecule has 0 saturated carbocycles. The highest BCUT2D eigenvalue weighted by molar-refractivity contribution is 5.73. The first-order valence-corrected chi connectivity index (χ1v) is 9.53. The van der Waals surface area contributed by atoms with Crippen LogP contribution < -0.4 is 14.8 Å². The Bertz CT molecular complexity index is 791. The van der Waals surface area contributed by atoms with Crippen molar-refractivity contribution >= 4 is 6.03 Å². The van der Waals surface area contributed by atoms with E-state index in [0.29, 0.717) is 13.1 Å². The lowest BCUT2D eigenvalue weighted by molar-refractivity contribution is 0.209. The molecule has 2 aromatic rings. The molecular formula is C21H25N3O3. The van der Waals surface area contributed by atoms with Gasteiger partial charge in [-0.1, -0.05) is 0 Å². The molecule has 2 aliphatic heterocycles. The lowest BCUT2D eigenvalue weighted by Crippen LogP contribution is -2.39. The summed E-state index contributed by atoms with van der Waals surface area (Å²) in [7, 11) is 1.82. The van der Waals surface area contributed by atoms with Crippen LogP contribution in [0.1, 0.15) is 22.3 Å². The number of hydrogen-bond acceptors (Lipinski definition) is 4. The molecule has 0 unspecified atom stereocenters. The summed E-state index contributed by atoms with van der Waals surface area (Å²) < 4.78 is 11.6. The average Bonchev–Trinajstić information content (AvgIpc) is 3.35. The van der Waals surface area contributed by atoms with E-state index in [1.54, 1.807) is 17.3 Å². The zero-order valence-electron chi connectivity index (χ0n) is 15.7. The summed E-state index contributed by atoms with van der Waals surface area (Å²) in [6.07, 6.45) is 6.98. The Morgan fingerprint density at radius 1 is 1.19 bits per heavy atom. The van der Waals surface area contributed by atoms with Gasteiger partial charge in [0.1, 0.15) is 11.5 Å². The van der Waals surface area contributed by atoms with Gasteiger partial charge in [0.05, 0.1) is 13.2 Å². The van der Waals surface area contributed by atoms with Crippen LogP contribution in [0.3, 0.4) is 0 Å². The Kier molecular flexibility index (Phi) is 5.14. The fourth-order valence-electron chi connectivity index (χ4n) is 3.73. The van der Waals surface area contributed by atoms with E-state index >= 15 is 0 Å². The minimum atomic E-state index is -0.0505. The molecule has 27 heavy (non-hydrogen) atoms. The number of nitrogens with one attached hydrogen (secondary N) is 1. The number of benzene rings is 1. The first-order chi connectivity index (χ1) is 13.2. The molecule has 0 bridgehead atoms. The monoisotopic (exact) mass is 367 g/mol. The Balaban J connectivity index is 1.32. The summed E-state index contributed by atoms with van der Waals surface area (Å²) in [4.78, 5) is 18.1. The Morgan fingerprint density at radius 2 is 2.00 bits per heavy atom. The van der Waals surface area contributed by atoms with E-state index in [1.807, 2.05) is 19.2 Å². The topological polar surface area (TPSA) is 63.7 Å². The van der Waals surface area contributed by atoms with Crippen LogP contribution in [0.2, 0.25) is 0 Å². The molecule has 6 heteroatoms. The van der Waals surface area contributed by atoms with Crippen LogP contribution in [0.4, 0.5) is 4.79 Å². The van der Waals surface area contributed by atoms with E-state index < -0.39 is 0 Å². The van der Waals surface area contributed by atoms with E-state index in [-0.39, 0.29) is 6.03 Å². The molecule has 142 valence electrons. The van der Waals surface area contributed by atoms with Gasteiger partial charge in [-0.25, -0.2) is 4.79 Å². The van der Waals surface area contributed by atoms with Gasteiger partial charge in [0.25, 0.3) is 0 Å². The van der Waals surface area contributed by atoms with Crippen LogP contribution in [0.5, 0.6) is 11.5 Å². The zero-order chi connectivity index (χ0) is 18.6. The van der Waals surface area contributed by atoms with Crippen molar-refractivity contribution in [3.05, 3.63) is 52.8 Å². The molecule has 2 amide bonds. The van der Waals surface area contributed by atoms with E-state index in [4.69, 9.17) is 9.47 Å². The Labute approximate surface area is 159 Å². The smallest absolute Gasteiger partial charge is 0.317 e. The Hall–Kier alpha value is -2.76. The fraction of sp³-hybridized carbons (Fsp3) is 0.429. The fourth-order valence-corrected chi connectivity index (χ4v) is 3.73. The van der Waals surface area contributed by atoms with Gasteiger partial charge in [-0.3, -0.25) is 4.98 Å². The number of ether oxygens (including phenoxy) is 2. The number of aromatic nitrogens is 1. The first kappa shape index (κ1) is 17.6. The van der Waals surface area contributed by atoms with Crippen molar-refractivity contribution in [2.45, 2.75) is 25.7 Å². The molecule has 0 aliphatic carbocycles. The summed E-state index contributed by atoms with van der Waals surface area (Å²) in [6, 6.07) is 6.03. The standard InChI is InChI=1S/C21H25N3O3/c1-24(11-5-15-2-8-22-9-3-15)21(25)23-10-4-18-17-7-13-26-19(17)14-16-6-12-27-20(16)18/h2-3,8-9,14H,4-7,10-13H2,1H3,(H,23,25). The lowest BCUT2D eigenvalue weighted by atomic mass is 9.97. The molecule has 0 saturated heterocycles. The summed E-state index contributed by atoms with van der Waals surface area (Å²) in [5, 5.41) is 3.03. The van der Waals surface area contributed by atoms with Crippen LogP contribution in [0, 0.1) is 0 Å². The second kappa shape index (κ2) is 7.86. The van der Waals surface area contributed by atoms with Gasteiger partial charge in [0.15, 0.2) is 0 Å². The van der Waals surface area contributed by atoms with Gasteiger partial charge in [0, 0.05) is 62.1 Å². The maximum absolute atomic E-state index is 12.4. The largest absolute Gasteiger partial charge is 0.493 e. The van der Waals surface area contributed by atoms with E-state index in [9.17, 15) is 4.79 Å². The summed E-state index contributed by atoms with van der Waals surface area (Å²) in [5.74, 6) is 2.01. The quantitative estimate of drug-likeness (QED) is 0.851. The Morgan fingerprint density at radius 3 is 2.85 bits per heavy atom. The van der Waals surface area contributed by atoms with Crippen molar-refractivity contribution in [2.75, 3.05) is 33.4 Å². The maximum Gasteiger partial charge on any atom is 0.317 e. The van der Waals surface area contributed by atoms with Crippen molar-refractivity contribution in [2.24, 2.45) is 0 Å². The van der Waals surface area contributed by atoms with Crippen molar-refractivity contribution in [3.8, 4) is 11.5 Å². The number of likely N-dealkylation sites (N-methyl/N-ethyl adjacent to an activating group) is 1. The van der Waals surface area contributed by atoms with E-state index in [0.717, 1.165) is 50.4 Å². The maximum atomic E-state index is 12.4. The molecule has 1 aromatic carbocycles. The molecule has 0 atom stereocenters. The number of hydrogen-bond donors (Lipinski definition) is 1. The summed E-state index contributed by atoms with van der Waals surface area (Å²) in [5.41, 5.74) is 4.86. The average molecular weight is 367 g/mol. The van der Waals surface area contributed by atoms with Gasteiger partial charge in [-0.05, 0) is 36.6 Å². The second-order valence-corrected chi connectivity index (χ2v) is 7.03. The third-order valence-electron chi connectivity index (χ3n) is 5.24. The van der Waals surface area contributed by atoms with Crippen LogP contribution >= 0.6 is 0 Å². The molecule has 2 aliphatic rings. The first-order valence-electron chi connectivity index (χ1n) is 9.53. The molecule has 1 N–H and O–H groups in total. The highest BCUT2D eigenvalue weighted by atomic mass is 16.5. The van der Waals surface area contributed by atoms with Gasteiger partial charge in [-0.2, -0.15) is 0 Å². The molecular weight excluding hydrogens is 342 g/mol. The predicted octanol–water partition coefficient (Wildman–Crippen LogP) is 2.38. The van der Waals surface area contributed by atoms with Crippen LogP contribution in [-0.2, 0) is 25.7 Å². The number of urea groups is 1. The van der Waals surface area contributed by atoms with Crippen LogP contribution in [0.25, 0.3) is 0 Å². The van der Waals surface area contributed by atoms with Crippen molar-refractivity contribution in [3.63, 3.8) is 0 Å². The summed E-state index contributed by atoms with van der Waals surface area (Å²) in [6.45, 7) is 2.72. The van der Waals surface area contributed by atoms with Gasteiger partial charge < -0.3 is 19.7 Å². The molecule has 0 fully saturated rings. The van der Waals surface area contributed by atoms with Crippen molar-refractivity contribution in [1.82, 2.24) is 15.2 Å². The second-order valence-electron chi connectivity index (χ2n) is 7.03. The highest BCUT2D eigenvalue weighted by Crippen LogP contribution is 2.40. The van der Waals surface area contributed by atoms with Crippen LogP contribution in [-0.4, -0.2) is 49.3 Å². The summed E-state index contributed by atoms with van der Waals surface area (Å²) >= 11 is 0. The number of pyridine rings is 1. The highest BCUT2D eigenvalue weighted by Gasteiger charge is 2.26. The SMILES string of the molecule is CN(CCc1ccncc1)C(=O)NCCc1c2c(cc3c1OCC3)OCC2. The third kappa shape index (κ3) is 3.84.